The Morgan fingerprint density at radius 2 is 1.96 bits per heavy atom. The van der Waals surface area contributed by atoms with Gasteiger partial charge in [0.25, 0.3) is 0 Å². The van der Waals surface area contributed by atoms with Crippen LogP contribution >= 0.6 is 0 Å². The summed E-state index contributed by atoms with van der Waals surface area (Å²) in [5.41, 5.74) is 2.30. The van der Waals surface area contributed by atoms with Gasteiger partial charge in [0.1, 0.15) is 0 Å². The Hall–Kier alpha value is -2.70. The number of hydrogen-bond acceptors (Lipinski definition) is 6. The average Bonchev–Trinajstić information content (AvgIpc) is 3.22. The molecule has 0 radical (unpaired) electrons. The van der Waals surface area contributed by atoms with Crippen LogP contribution in [0.15, 0.2) is 18.2 Å². The molecule has 3 rings (SSSR count). The van der Waals surface area contributed by atoms with E-state index in [0.29, 0.717) is 5.56 Å². The molecule has 1 aliphatic heterocycles. The summed E-state index contributed by atoms with van der Waals surface area (Å²) in [5.74, 6) is -0.126. The zero-order chi connectivity index (χ0) is 17.1. The van der Waals surface area contributed by atoms with E-state index in [1.807, 2.05) is 13.8 Å². The van der Waals surface area contributed by atoms with Gasteiger partial charge in [-0.2, -0.15) is 0 Å². The zero-order valence-electron chi connectivity index (χ0n) is 13.8. The normalized spacial score (nSPS) is 14.0. The van der Waals surface area contributed by atoms with Crippen molar-refractivity contribution in [1.29, 1.82) is 0 Å². The first kappa shape index (κ1) is 16.2. The molecule has 0 spiro atoms. The van der Waals surface area contributed by atoms with E-state index in [2.05, 4.69) is 20.1 Å². The van der Waals surface area contributed by atoms with Crippen LogP contribution in [0.2, 0.25) is 0 Å². The van der Waals surface area contributed by atoms with Crippen LogP contribution in [-0.4, -0.2) is 46.6 Å². The third-order valence-electron chi connectivity index (χ3n) is 4.07. The van der Waals surface area contributed by atoms with Gasteiger partial charge in [-0.25, -0.2) is 4.79 Å². The fourth-order valence-electron chi connectivity index (χ4n) is 2.85. The highest BCUT2D eigenvalue weighted by Crippen LogP contribution is 2.17. The fraction of sp³-hybridized carbons (Fsp3) is 0.412. The SMILES string of the molecule is Cc1cc(C(=O)COC(=O)c2ccc(N3CCCC3)nn2)c(C)[nH]1. The topological polar surface area (TPSA) is 88.2 Å². The van der Waals surface area contributed by atoms with Gasteiger partial charge < -0.3 is 14.6 Å². The smallest absolute Gasteiger partial charge is 0.359 e. The second-order valence-corrected chi connectivity index (χ2v) is 5.96. The number of Topliss-reactive ketones (excluding diaryl/α,β-unsaturated/α-hetero) is 1. The molecule has 2 aromatic rings. The first-order valence-electron chi connectivity index (χ1n) is 8.00. The van der Waals surface area contributed by atoms with E-state index in [0.717, 1.165) is 43.1 Å². The molecular formula is C17H20N4O3. The van der Waals surface area contributed by atoms with Crippen molar-refractivity contribution >= 4 is 17.6 Å². The minimum Gasteiger partial charge on any atom is -0.453 e. The minimum absolute atomic E-state index is 0.104. The molecule has 1 fully saturated rings. The van der Waals surface area contributed by atoms with Crippen molar-refractivity contribution in [3.8, 4) is 0 Å². The summed E-state index contributed by atoms with van der Waals surface area (Å²) in [6.45, 7) is 5.29. The Morgan fingerprint density at radius 1 is 1.21 bits per heavy atom. The van der Waals surface area contributed by atoms with Crippen molar-refractivity contribution in [2.45, 2.75) is 26.7 Å². The molecule has 0 unspecified atom stereocenters. The summed E-state index contributed by atoms with van der Waals surface area (Å²) < 4.78 is 5.06. The van der Waals surface area contributed by atoms with Gasteiger partial charge in [0.05, 0.1) is 0 Å². The highest BCUT2D eigenvalue weighted by atomic mass is 16.5. The highest BCUT2D eigenvalue weighted by Gasteiger charge is 2.18. The molecule has 1 saturated heterocycles. The second-order valence-electron chi connectivity index (χ2n) is 5.96. The predicted octanol–water partition coefficient (Wildman–Crippen LogP) is 2.06. The number of aromatic amines is 1. The number of nitrogens with one attached hydrogen (secondary N) is 1. The van der Waals surface area contributed by atoms with Crippen molar-refractivity contribution in [2.75, 3.05) is 24.6 Å². The summed E-state index contributed by atoms with van der Waals surface area (Å²) in [5, 5.41) is 7.98. The van der Waals surface area contributed by atoms with E-state index in [4.69, 9.17) is 4.74 Å². The van der Waals surface area contributed by atoms with E-state index in [1.54, 1.807) is 18.2 Å². The monoisotopic (exact) mass is 328 g/mol. The van der Waals surface area contributed by atoms with E-state index in [9.17, 15) is 9.59 Å². The Kier molecular flexibility index (Phi) is 4.59. The number of anilines is 1. The van der Waals surface area contributed by atoms with E-state index < -0.39 is 5.97 Å². The number of hydrogen-bond donors (Lipinski definition) is 1. The Bertz CT molecular complexity index is 746. The number of carbonyl (C=O) groups is 2. The second kappa shape index (κ2) is 6.82. The largest absolute Gasteiger partial charge is 0.453 e. The molecule has 0 bridgehead atoms. The quantitative estimate of drug-likeness (QED) is 0.668. The summed E-state index contributed by atoms with van der Waals surface area (Å²) in [6, 6.07) is 5.09. The minimum atomic E-state index is -0.645. The maximum absolute atomic E-state index is 12.1. The van der Waals surface area contributed by atoms with E-state index in [1.165, 1.54) is 0 Å². The van der Waals surface area contributed by atoms with Gasteiger partial charge in [0.2, 0.25) is 5.78 Å². The van der Waals surface area contributed by atoms with Crippen LogP contribution < -0.4 is 4.90 Å². The molecule has 0 saturated carbocycles. The number of aromatic nitrogens is 3. The molecule has 1 aliphatic rings. The van der Waals surface area contributed by atoms with Crippen molar-refractivity contribution in [3.05, 3.63) is 40.8 Å². The lowest BCUT2D eigenvalue weighted by molar-refractivity contribution is 0.0467. The van der Waals surface area contributed by atoms with Gasteiger partial charge >= 0.3 is 5.97 Å². The molecular weight excluding hydrogens is 308 g/mol. The summed E-state index contributed by atoms with van der Waals surface area (Å²) >= 11 is 0. The van der Waals surface area contributed by atoms with Crippen molar-refractivity contribution < 1.29 is 14.3 Å². The third kappa shape index (κ3) is 3.45. The fourth-order valence-corrected chi connectivity index (χ4v) is 2.85. The van der Waals surface area contributed by atoms with Crippen molar-refractivity contribution in [2.24, 2.45) is 0 Å². The van der Waals surface area contributed by atoms with Crippen molar-refractivity contribution in [3.63, 3.8) is 0 Å². The maximum Gasteiger partial charge on any atom is 0.359 e. The van der Waals surface area contributed by atoms with Gasteiger partial charge in [-0.05, 0) is 44.9 Å². The third-order valence-corrected chi connectivity index (χ3v) is 4.07. The van der Waals surface area contributed by atoms with Gasteiger partial charge in [-0.15, -0.1) is 10.2 Å². The number of aryl methyl sites for hydroxylation is 2. The molecule has 2 aromatic heterocycles. The lowest BCUT2D eigenvalue weighted by Crippen LogP contribution is -2.20. The molecule has 0 aliphatic carbocycles. The van der Waals surface area contributed by atoms with Crippen LogP contribution in [0.25, 0.3) is 0 Å². The molecule has 24 heavy (non-hydrogen) atoms. The first-order valence-corrected chi connectivity index (χ1v) is 8.00. The molecule has 0 aromatic carbocycles. The number of H-pyrrole nitrogens is 1. The van der Waals surface area contributed by atoms with Crippen molar-refractivity contribution in [1.82, 2.24) is 15.2 Å². The number of carbonyl (C=O) groups excluding carboxylic acids is 2. The Morgan fingerprint density at radius 3 is 2.54 bits per heavy atom. The zero-order valence-corrected chi connectivity index (χ0v) is 13.8. The van der Waals surface area contributed by atoms with Crippen LogP contribution in [0.4, 0.5) is 5.82 Å². The molecule has 7 heteroatoms. The van der Waals surface area contributed by atoms with Crippen LogP contribution in [0.1, 0.15) is 45.1 Å². The van der Waals surface area contributed by atoms with Gasteiger partial charge in [-0.1, -0.05) is 0 Å². The number of esters is 1. The Balaban J connectivity index is 1.58. The van der Waals surface area contributed by atoms with Crippen LogP contribution in [0.3, 0.4) is 0 Å². The van der Waals surface area contributed by atoms with Crippen LogP contribution in [0.5, 0.6) is 0 Å². The first-order chi connectivity index (χ1) is 11.5. The number of ether oxygens (including phenoxy) is 1. The molecule has 3 heterocycles. The molecule has 0 amide bonds. The Labute approximate surface area is 140 Å². The van der Waals surface area contributed by atoms with Gasteiger partial charge in [0.15, 0.2) is 18.1 Å². The number of ketones is 1. The number of rotatable bonds is 5. The van der Waals surface area contributed by atoms with Crippen LogP contribution in [0, 0.1) is 13.8 Å². The lowest BCUT2D eigenvalue weighted by Gasteiger charge is -2.14. The molecule has 0 atom stereocenters. The van der Waals surface area contributed by atoms with Crippen LogP contribution in [-0.2, 0) is 4.74 Å². The lowest BCUT2D eigenvalue weighted by atomic mass is 10.1. The summed E-state index contributed by atoms with van der Waals surface area (Å²) in [6.07, 6.45) is 2.29. The molecule has 126 valence electrons. The van der Waals surface area contributed by atoms with Gasteiger partial charge in [0, 0.05) is 30.0 Å². The van der Waals surface area contributed by atoms with E-state index >= 15 is 0 Å². The predicted molar refractivity (Wildman–Crippen MR) is 88.4 cm³/mol. The van der Waals surface area contributed by atoms with E-state index in [-0.39, 0.29) is 18.1 Å². The summed E-state index contributed by atoms with van der Waals surface area (Å²) in [7, 11) is 0. The average molecular weight is 328 g/mol. The highest BCUT2D eigenvalue weighted by molar-refractivity contribution is 6.00. The number of nitrogens with zero attached hydrogens (tertiary/aromatic N) is 3. The van der Waals surface area contributed by atoms with Gasteiger partial charge in [-0.3, -0.25) is 4.79 Å². The molecule has 1 N–H and O–H groups in total. The standard InChI is InChI=1S/C17H20N4O3/c1-11-9-13(12(2)18-11)15(22)10-24-17(23)14-5-6-16(20-19-14)21-7-3-4-8-21/h5-6,9,18H,3-4,7-8,10H2,1-2H3. The summed E-state index contributed by atoms with van der Waals surface area (Å²) in [4.78, 5) is 29.3. The maximum atomic E-state index is 12.1. The molecule has 7 nitrogen and oxygen atoms in total.